The summed E-state index contributed by atoms with van der Waals surface area (Å²) >= 11 is 0. The van der Waals surface area contributed by atoms with Crippen molar-refractivity contribution < 1.29 is 9.47 Å². The molecule has 1 fully saturated rings. The Labute approximate surface area is 148 Å². The minimum Gasteiger partial charge on any atom is -0.468 e. The van der Waals surface area contributed by atoms with Crippen molar-refractivity contribution in [1.29, 1.82) is 0 Å². The third-order valence-electron chi connectivity index (χ3n) is 4.57. The zero-order valence-electron chi connectivity index (χ0n) is 14.9. The van der Waals surface area contributed by atoms with Crippen molar-refractivity contribution in [2.75, 3.05) is 6.79 Å². The Hall–Kier alpha value is -2.33. The Morgan fingerprint density at radius 1 is 1.12 bits per heavy atom. The average molecular weight is 339 g/mol. The topological polar surface area (TPSA) is 40.5 Å². The number of rotatable bonds is 6. The first-order chi connectivity index (χ1) is 12.1. The van der Waals surface area contributed by atoms with Crippen molar-refractivity contribution in [3.8, 4) is 5.75 Å². The first-order valence-electron chi connectivity index (χ1n) is 8.84. The van der Waals surface area contributed by atoms with Crippen molar-refractivity contribution >= 4 is 12.3 Å². The number of pyridine rings is 1. The van der Waals surface area contributed by atoms with Crippen LogP contribution in [-0.2, 0) is 4.74 Å². The van der Waals surface area contributed by atoms with E-state index in [1.54, 1.807) is 12.1 Å². The quantitative estimate of drug-likeness (QED) is 0.733. The highest BCUT2D eigenvalue weighted by Crippen LogP contribution is 2.21. The summed E-state index contributed by atoms with van der Waals surface area (Å²) in [4.78, 5) is 11.5. The van der Waals surface area contributed by atoms with E-state index in [-0.39, 0.29) is 5.43 Å². The largest absolute Gasteiger partial charge is 0.468 e. The first-order valence-corrected chi connectivity index (χ1v) is 8.84. The van der Waals surface area contributed by atoms with Crippen LogP contribution in [0.4, 0.5) is 0 Å². The van der Waals surface area contributed by atoms with Crippen molar-refractivity contribution in [1.82, 2.24) is 4.57 Å². The predicted octanol–water partition coefficient (Wildman–Crippen LogP) is 4.39. The molecule has 0 unspecified atom stereocenters. The van der Waals surface area contributed by atoms with E-state index in [4.69, 9.17) is 9.47 Å². The summed E-state index contributed by atoms with van der Waals surface area (Å²) in [5.74, 6) is 0.800. The molecule has 2 aromatic rings. The highest BCUT2D eigenvalue weighted by Gasteiger charge is 2.15. The summed E-state index contributed by atoms with van der Waals surface area (Å²) in [6.07, 6.45) is 9.14. The molecule has 0 amide bonds. The lowest BCUT2D eigenvalue weighted by Gasteiger charge is -2.12. The van der Waals surface area contributed by atoms with Crippen LogP contribution in [0.3, 0.4) is 0 Å². The van der Waals surface area contributed by atoms with Gasteiger partial charge in [0, 0.05) is 29.7 Å². The highest BCUT2D eigenvalue weighted by molar-refractivity contribution is 5.62. The molecule has 132 valence electrons. The molecule has 0 atom stereocenters. The Morgan fingerprint density at radius 2 is 1.84 bits per heavy atom. The van der Waals surface area contributed by atoms with Gasteiger partial charge in [-0.3, -0.25) is 4.79 Å². The van der Waals surface area contributed by atoms with Gasteiger partial charge in [-0.25, -0.2) is 0 Å². The van der Waals surface area contributed by atoms with Crippen LogP contribution in [0.1, 0.15) is 42.6 Å². The molecule has 1 heterocycles. The van der Waals surface area contributed by atoms with Gasteiger partial charge in [0.25, 0.3) is 0 Å². The second kappa shape index (κ2) is 8.17. The summed E-state index contributed by atoms with van der Waals surface area (Å²) in [6.45, 7) is 4.16. The fraction of sp³-hybridized carbons (Fsp3) is 0.381. The molecule has 1 aromatic heterocycles. The van der Waals surface area contributed by atoms with Gasteiger partial charge in [-0.15, -0.1) is 0 Å². The van der Waals surface area contributed by atoms with E-state index in [1.165, 1.54) is 12.8 Å². The minimum atomic E-state index is 0.0392. The van der Waals surface area contributed by atoms with Gasteiger partial charge in [0.1, 0.15) is 5.75 Å². The molecule has 1 aliphatic rings. The van der Waals surface area contributed by atoms with Crippen LogP contribution < -0.4 is 10.2 Å². The van der Waals surface area contributed by atoms with Gasteiger partial charge < -0.3 is 14.0 Å². The smallest absolute Gasteiger partial charge is 0.189 e. The number of nitrogens with zero attached hydrogens (tertiary/aromatic N) is 1. The molecular weight excluding hydrogens is 314 g/mol. The third-order valence-corrected chi connectivity index (χ3v) is 4.57. The summed E-state index contributed by atoms with van der Waals surface area (Å²) in [7, 11) is 0. The van der Waals surface area contributed by atoms with Gasteiger partial charge in [-0.1, -0.05) is 25.0 Å². The maximum absolute atomic E-state index is 11.5. The standard InChI is InChI=1S/C21H25NO3/c1-16-12-19(23)13-17(2)22(16)11-10-18-6-5-9-21(14-18)25-15-24-20-7-3-4-8-20/h5-6,9-14,20H,3-4,7-8,15H2,1-2H3/b11-10+. The summed E-state index contributed by atoms with van der Waals surface area (Å²) < 4.78 is 13.5. The fourth-order valence-electron chi connectivity index (χ4n) is 3.23. The molecule has 0 N–H and O–H groups in total. The molecule has 25 heavy (non-hydrogen) atoms. The lowest BCUT2D eigenvalue weighted by Crippen LogP contribution is -2.12. The number of hydrogen-bond donors (Lipinski definition) is 0. The van der Waals surface area contributed by atoms with Gasteiger partial charge in [0.2, 0.25) is 0 Å². The van der Waals surface area contributed by atoms with Crippen LogP contribution in [0.5, 0.6) is 5.75 Å². The van der Waals surface area contributed by atoms with E-state index < -0.39 is 0 Å². The highest BCUT2D eigenvalue weighted by atomic mass is 16.7. The van der Waals surface area contributed by atoms with E-state index in [9.17, 15) is 4.79 Å². The molecular formula is C21H25NO3. The van der Waals surface area contributed by atoms with Crippen LogP contribution in [0, 0.1) is 13.8 Å². The first kappa shape index (κ1) is 17.5. The molecule has 4 nitrogen and oxygen atoms in total. The molecule has 3 rings (SSSR count). The number of aryl methyl sites for hydroxylation is 2. The van der Waals surface area contributed by atoms with Crippen molar-refractivity contribution in [2.24, 2.45) is 0 Å². The zero-order valence-corrected chi connectivity index (χ0v) is 14.9. The van der Waals surface area contributed by atoms with Gasteiger partial charge >= 0.3 is 0 Å². The van der Waals surface area contributed by atoms with Crippen molar-refractivity contribution in [2.45, 2.75) is 45.6 Å². The monoisotopic (exact) mass is 339 g/mol. The molecule has 1 saturated carbocycles. The zero-order chi connectivity index (χ0) is 17.6. The van der Waals surface area contributed by atoms with E-state index in [0.717, 1.165) is 35.5 Å². The average Bonchev–Trinajstić information content (AvgIpc) is 3.08. The maximum atomic E-state index is 11.5. The second-order valence-corrected chi connectivity index (χ2v) is 6.57. The normalized spacial score (nSPS) is 15.1. The van der Waals surface area contributed by atoms with E-state index in [2.05, 4.69) is 0 Å². The van der Waals surface area contributed by atoms with Gasteiger partial charge in [-0.05, 0) is 50.5 Å². The third kappa shape index (κ3) is 4.83. The van der Waals surface area contributed by atoms with Crippen LogP contribution >= 0.6 is 0 Å². The number of hydrogen-bond acceptors (Lipinski definition) is 3. The van der Waals surface area contributed by atoms with Crippen molar-refractivity contribution in [3.05, 3.63) is 63.6 Å². The number of aromatic nitrogens is 1. The lowest BCUT2D eigenvalue weighted by atomic mass is 10.2. The maximum Gasteiger partial charge on any atom is 0.189 e. The molecule has 0 saturated heterocycles. The summed E-state index contributed by atoms with van der Waals surface area (Å²) in [6, 6.07) is 11.2. The number of ether oxygens (including phenoxy) is 2. The Morgan fingerprint density at radius 3 is 2.56 bits per heavy atom. The van der Waals surface area contributed by atoms with Gasteiger partial charge in [0.05, 0.1) is 6.10 Å². The van der Waals surface area contributed by atoms with Crippen LogP contribution in [0.15, 0.2) is 41.2 Å². The second-order valence-electron chi connectivity index (χ2n) is 6.57. The number of benzene rings is 1. The molecule has 0 bridgehead atoms. The Balaban J connectivity index is 1.64. The minimum absolute atomic E-state index is 0.0392. The molecule has 1 aromatic carbocycles. The fourth-order valence-corrected chi connectivity index (χ4v) is 3.23. The van der Waals surface area contributed by atoms with E-state index in [0.29, 0.717) is 12.9 Å². The van der Waals surface area contributed by atoms with Crippen LogP contribution in [0.2, 0.25) is 0 Å². The van der Waals surface area contributed by atoms with Crippen LogP contribution in [0.25, 0.3) is 12.3 Å². The molecule has 1 aliphatic carbocycles. The molecule has 0 spiro atoms. The lowest BCUT2D eigenvalue weighted by molar-refractivity contribution is -0.0324. The van der Waals surface area contributed by atoms with Crippen LogP contribution in [-0.4, -0.2) is 17.5 Å². The summed E-state index contributed by atoms with van der Waals surface area (Å²) in [5, 5.41) is 0. The van der Waals surface area contributed by atoms with Gasteiger partial charge in [0.15, 0.2) is 12.2 Å². The Kier molecular flexibility index (Phi) is 5.71. The van der Waals surface area contributed by atoms with Crippen molar-refractivity contribution in [3.63, 3.8) is 0 Å². The molecule has 0 radical (unpaired) electrons. The van der Waals surface area contributed by atoms with Gasteiger partial charge in [-0.2, -0.15) is 0 Å². The molecule has 0 aliphatic heterocycles. The van der Waals surface area contributed by atoms with E-state index >= 15 is 0 Å². The summed E-state index contributed by atoms with van der Waals surface area (Å²) in [5.41, 5.74) is 2.91. The SMILES string of the molecule is Cc1cc(=O)cc(C)n1/C=C/c1cccc(OCOC2CCCC2)c1. The van der Waals surface area contributed by atoms with E-state index in [1.807, 2.05) is 55.0 Å². The Bertz CT molecular complexity index is 775. The molecule has 4 heteroatoms. The predicted molar refractivity (Wildman–Crippen MR) is 101 cm³/mol.